The molecule has 2 aliphatic heterocycles. The molecular weight excluding hydrogens is 484 g/mol. The highest BCUT2D eigenvalue weighted by atomic mass is 16.5. The highest BCUT2D eigenvalue weighted by Gasteiger charge is 2.44. The molecule has 0 amide bonds. The lowest BCUT2D eigenvalue weighted by Gasteiger charge is -2.48. The van der Waals surface area contributed by atoms with Gasteiger partial charge >= 0.3 is 0 Å². The SMILES string of the molecule is CCCC(C1c2c(cc(OC)c(OC)c2OC)CCN1C)C1c2c(cc(OC)c(OC)c2OC)CCN1C. The first-order valence-electron chi connectivity index (χ1n) is 13.4. The van der Waals surface area contributed by atoms with Crippen LogP contribution in [0.25, 0.3) is 0 Å². The van der Waals surface area contributed by atoms with E-state index in [4.69, 9.17) is 28.4 Å². The van der Waals surface area contributed by atoms with Crippen LogP contribution >= 0.6 is 0 Å². The van der Waals surface area contributed by atoms with Gasteiger partial charge in [-0.15, -0.1) is 0 Å². The summed E-state index contributed by atoms with van der Waals surface area (Å²) in [5.41, 5.74) is 4.89. The van der Waals surface area contributed by atoms with Gasteiger partial charge in [0.25, 0.3) is 0 Å². The standard InChI is InChI=1S/C30H44N2O6/c1-10-11-20(25-23-18(12-14-31(25)2)16-21(33-4)27(35-6)29(23)37-8)26-24-19(13-15-32(26)3)17-22(34-5)28(36-7)30(24)38-9/h16-17,20,25-26H,10-15H2,1-9H3. The molecule has 0 aliphatic carbocycles. The van der Waals surface area contributed by atoms with Crippen molar-refractivity contribution in [2.45, 2.75) is 44.7 Å². The Morgan fingerprint density at radius 1 is 0.658 bits per heavy atom. The maximum Gasteiger partial charge on any atom is 0.203 e. The number of ether oxygens (including phenoxy) is 6. The van der Waals surface area contributed by atoms with Gasteiger partial charge in [-0.3, -0.25) is 9.80 Å². The second-order valence-corrected chi connectivity index (χ2v) is 10.2. The number of hydrogen-bond donors (Lipinski definition) is 0. The molecule has 0 radical (unpaired) electrons. The minimum atomic E-state index is 0.102. The molecule has 0 spiro atoms. The highest BCUT2D eigenvalue weighted by molar-refractivity contribution is 5.63. The first-order chi connectivity index (χ1) is 18.4. The lowest BCUT2D eigenvalue weighted by atomic mass is 9.73. The number of methoxy groups -OCH3 is 6. The van der Waals surface area contributed by atoms with Gasteiger partial charge in [-0.2, -0.15) is 0 Å². The van der Waals surface area contributed by atoms with E-state index in [0.717, 1.165) is 50.3 Å². The van der Waals surface area contributed by atoms with E-state index in [1.54, 1.807) is 42.7 Å². The Morgan fingerprint density at radius 3 is 1.37 bits per heavy atom. The van der Waals surface area contributed by atoms with Crippen LogP contribution in [-0.4, -0.2) is 79.6 Å². The van der Waals surface area contributed by atoms with E-state index < -0.39 is 0 Å². The molecule has 0 bridgehead atoms. The molecule has 8 heteroatoms. The second kappa shape index (κ2) is 11.9. The predicted molar refractivity (Wildman–Crippen MR) is 149 cm³/mol. The largest absolute Gasteiger partial charge is 0.493 e. The average Bonchev–Trinajstić information content (AvgIpc) is 2.94. The smallest absolute Gasteiger partial charge is 0.203 e. The Morgan fingerprint density at radius 2 is 1.05 bits per heavy atom. The quantitative estimate of drug-likeness (QED) is 0.431. The molecule has 0 aromatic heterocycles. The molecule has 2 aromatic carbocycles. The van der Waals surface area contributed by atoms with Crippen LogP contribution in [0.2, 0.25) is 0 Å². The summed E-state index contributed by atoms with van der Waals surface area (Å²) in [6, 6.07) is 4.47. The fourth-order valence-corrected chi connectivity index (χ4v) is 6.74. The Balaban J connectivity index is 1.98. The highest BCUT2D eigenvalue weighted by Crippen LogP contribution is 2.56. The van der Waals surface area contributed by atoms with E-state index >= 15 is 0 Å². The third kappa shape index (κ3) is 4.62. The Kier molecular flexibility index (Phi) is 8.83. The zero-order chi connectivity index (χ0) is 27.6. The van der Waals surface area contributed by atoms with Gasteiger partial charge < -0.3 is 28.4 Å². The van der Waals surface area contributed by atoms with Crippen LogP contribution in [0.5, 0.6) is 34.5 Å². The van der Waals surface area contributed by atoms with E-state index in [2.05, 4.69) is 43.0 Å². The van der Waals surface area contributed by atoms with Crippen LogP contribution in [0.1, 0.15) is 54.1 Å². The third-order valence-electron chi connectivity index (χ3n) is 8.35. The van der Waals surface area contributed by atoms with Gasteiger partial charge in [-0.05, 0) is 62.5 Å². The van der Waals surface area contributed by atoms with E-state index in [1.807, 2.05) is 0 Å². The molecule has 38 heavy (non-hydrogen) atoms. The minimum Gasteiger partial charge on any atom is -0.493 e. The molecule has 210 valence electrons. The van der Waals surface area contributed by atoms with Crippen LogP contribution in [0.3, 0.4) is 0 Å². The number of fused-ring (bicyclic) bond motifs is 2. The number of nitrogens with zero attached hydrogens (tertiary/aromatic N) is 2. The van der Waals surface area contributed by atoms with E-state index in [9.17, 15) is 0 Å². The zero-order valence-electron chi connectivity index (χ0n) is 24.5. The topological polar surface area (TPSA) is 61.9 Å². The fraction of sp³-hybridized carbons (Fsp3) is 0.600. The van der Waals surface area contributed by atoms with Crippen LogP contribution in [0.4, 0.5) is 0 Å². The number of hydrogen-bond acceptors (Lipinski definition) is 8. The average molecular weight is 529 g/mol. The normalized spacial score (nSPS) is 20.2. The van der Waals surface area contributed by atoms with Crippen LogP contribution in [-0.2, 0) is 12.8 Å². The maximum absolute atomic E-state index is 6.07. The van der Waals surface area contributed by atoms with Crippen molar-refractivity contribution in [2.24, 2.45) is 5.92 Å². The predicted octanol–water partition coefficient (Wildman–Crippen LogP) is 4.91. The second-order valence-electron chi connectivity index (χ2n) is 10.2. The van der Waals surface area contributed by atoms with Crippen molar-refractivity contribution >= 4 is 0 Å². The van der Waals surface area contributed by atoms with Gasteiger partial charge in [0.15, 0.2) is 23.0 Å². The summed E-state index contributed by atoms with van der Waals surface area (Å²) in [6.07, 6.45) is 3.92. The fourth-order valence-electron chi connectivity index (χ4n) is 6.74. The molecular formula is C30H44N2O6. The van der Waals surface area contributed by atoms with Gasteiger partial charge in [0, 0.05) is 36.3 Å². The summed E-state index contributed by atoms with van der Waals surface area (Å²) in [4.78, 5) is 4.96. The van der Waals surface area contributed by atoms with Crippen molar-refractivity contribution < 1.29 is 28.4 Å². The summed E-state index contributed by atoms with van der Waals surface area (Å²) in [6.45, 7) is 4.16. The molecule has 0 N–H and O–H groups in total. The van der Waals surface area contributed by atoms with E-state index in [1.165, 1.54) is 22.3 Å². The summed E-state index contributed by atoms with van der Waals surface area (Å²) < 4.78 is 35.2. The number of rotatable bonds is 10. The molecule has 2 unspecified atom stereocenters. The Labute approximate surface area is 227 Å². The van der Waals surface area contributed by atoms with E-state index in [-0.39, 0.29) is 18.0 Å². The number of likely N-dealkylation sites (N-methyl/N-ethyl adjacent to an activating group) is 2. The first kappa shape index (κ1) is 28.2. The molecule has 2 atom stereocenters. The van der Waals surface area contributed by atoms with Gasteiger partial charge in [-0.25, -0.2) is 0 Å². The van der Waals surface area contributed by atoms with Crippen molar-refractivity contribution in [2.75, 3.05) is 69.8 Å². The first-order valence-corrected chi connectivity index (χ1v) is 13.4. The molecule has 8 nitrogen and oxygen atoms in total. The lowest BCUT2D eigenvalue weighted by Crippen LogP contribution is -2.44. The Hall–Kier alpha value is -2.84. The van der Waals surface area contributed by atoms with Gasteiger partial charge in [0.2, 0.25) is 11.5 Å². The van der Waals surface area contributed by atoms with Crippen molar-refractivity contribution in [3.05, 3.63) is 34.4 Å². The van der Waals surface area contributed by atoms with Crippen molar-refractivity contribution in [3.63, 3.8) is 0 Å². The molecule has 0 saturated heterocycles. The Bertz CT molecular complexity index is 1050. The van der Waals surface area contributed by atoms with Gasteiger partial charge in [-0.1, -0.05) is 13.3 Å². The number of benzene rings is 2. The van der Waals surface area contributed by atoms with Gasteiger partial charge in [0.1, 0.15) is 0 Å². The van der Waals surface area contributed by atoms with Crippen LogP contribution in [0, 0.1) is 5.92 Å². The van der Waals surface area contributed by atoms with Crippen molar-refractivity contribution in [1.82, 2.24) is 9.80 Å². The summed E-state index contributed by atoms with van der Waals surface area (Å²) >= 11 is 0. The monoisotopic (exact) mass is 528 g/mol. The maximum atomic E-state index is 6.07. The summed E-state index contributed by atoms with van der Waals surface area (Å²) in [5.74, 6) is 4.47. The van der Waals surface area contributed by atoms with Crippen LogP contribution < -0.4 is 28.4 Å². The molecule has 2 heterocycles. The molecule has 4 rings (SSSR count). The van der Waals surface area contributed by atoms with Crippen molar-refractivity contribution in [1.29, 1.82) is 0 Å². The molecule has 2 aliphatic rings. The van der Waals surface area contributed by atoms with Crippen molar-refractivity contribution in [3.8, 4) is 34.5 Å². The zero-order valence-corrected chi connectivity index (χ0v) is 24.5. The summed E-state index contributed by atoms with van der Waals surface area (Å²) in [7, 11) is 14.6. The van der Waals surface area contributed by atoms with E-state index in [0.29, 0.717) is 23.0 Å². The minimum absolute atomic E-state index is 0.102. The lowest BCUT2D eigenvalue weighted by molar-refractivity contribution is 0.0656. The molecule has 0 fully saturated rings. The molecule has 2 aromatic rings. The van der Waals surface area contributed by atoms with Gasteiger partial charge in [0.05, 0.1) is 42.7 Å². The summed E-state index contributed by atoms with van der Waals surface area (Å²) in [5, 5.41) is 0. The van der Waals surface area contributed by atoms with Crippen LogP contribution in [0.15, 0.2) is 12.1 Å². The third-order valence-corrected chi connectivity index (χ3v) is 8.35. The molecule has 0 saturated carbocycles.